The second kappa shape index (κ2) is 7.28. The summed E-state index contributed by atoms with van der Waals surface area (Å²) in [6.45, 7) is 6.97. The molecule has 2 N–H and O–H groups in total. The topological polar surface area (TPSA) is 70.7 Å². The molecule has 0 aromatic heterocycles. The lowest BCUT2D eigenvalue weighted by atomic mass is 9.94. The molecule has 2 aromatic rings. The maximum atomic E-state index is 12.4. The first-order chi connectivity index (χ1) is 13.4. The summed E-state index contributed by atoms with van der Waals surface area (Å²) >= 11 is 0. The fourth-order valence-electron chi connectivity index (χ4n) is 3.81. The van der Waals surface area contributed by atoms with E-state index in [1.54, 1.807) is 18.2 Å². The second-order valence-corrected chi connectivity index (χ2v) is 8.01. The van der Waals surface area contributed by atoms with Crippen LogP contribution < -0.4 is 10.6 Å². The predicted molar refractivity (Wildman–Crippen MR) is 107 cm³/mol. The van der Waals surface area contributed by atoms with Crippen molar-refractivity contribution >= 4 is 17.7 Å². The van der Waals surface area contributed by atoms with Crippen LogP contribution in [0.1, 0.15) is 40.9 Å². The van der Waals surface area contributed by atoms with Crippen molar-refractivity contribution in [3.8, 4) is 0 Å². The minimum absolute atomic E-state index is 0.164. The average Bonchev–Trinajstić information content (AvgIpc) is 3.06. The van der Waals surface area contributed by atoms with E-state index in [-0.39, 0.29) is 24.1 Å². The summed E-state index contributed by atoms with van der Waals surface area (Å²) < 4.78 is 4.99. The number of nitrogens with one attached hydrogen (secondary N) is 2. The maximum Gasteiger partial charge on any atom is 0.338 e. The van der Waals surface area contributed by atoms with Crippen molar-refractivity contribution in [2.24, 2.45) is 0 Å². The van der Waals surface area contributed by atoms with Gasteiger partial charge in [0.2, 0.25) is 0 Å². The van der Waals surface area contributed by atoms with Crippen molar-refractivity contribution in [2.75, 3.05) is 18.4 Å². The van der Waals surface area contributed by atoms with E-state index >= 15 is 0 Å². The van der Waals surface area contributed by atoms with Crippen LogP contribution in [0.2, 0.25) is 0 Å². The molecule has 28 heavy (non-hydrogen) atoms. The Hall–Kier alpha value is -2.86. The number of nitrogens with zero attached hydrogens (tertiary/aromatic N) is 1. The number of hydrogen-bond acceptors (Lipinski definition) is 4. The van der Waals surface area contributed by atoms with Gasteiger partial charge in [0, 0.05) is 36.4 Å². The van der Waals surface area contributed by atoms with E-state index in [2.05, 4.69) is 53.6 Å². The van der Waals surface area contributed by atoms with Crippen LogP contribution in [0.25, 0.3) is 0 Å². The molecule has 0 spiro atoms. The molecule has 6 nitrogen and oxygen atoms in total. The van der Waals surface area contributed by atoms with Gasteiger partial charge in [0.1, 0.15) is 6.61 Å². The number of esters is 1. The van der Waals surface area contributed by atoms with Gasteiger partial charge in [0.25, 0.3) is 0 Å². The molecule has 2 aliphatic heterocycles. The lowest BCUT2D eigenvalue weighted by molar-refractivity contribution is 0.0535. The molecular formula is C22H25N3O3. The highest BCUT2D eigenvalue weighted by atomic mass is 16.5. The number of fused-ring (bicyclic) bond motifs is 2. The largest absolute Gasteiger partial charge is 0.457 e. The van der Waals surface area contributed by atoms with Crippen molar-refractivity contribution in [1.29, 1.82) is 0 Å². The number of amides is 2. The monoisotopic (exact) mass is 379 g/mol. The van der Waals surface area contributed by atoms with Crippen molar-refractivity contribution in [2.45, 2.75) is 39.0 Å². The lowest BCUT2D eigenvalue weighted by Gasteiger charge is -2.41. The highest BCUT2D eigenvalue weighted by molar-refractivity contribution is 5.95. The molecule has 6 heteroatoms. The SMILES string of the molecule is CC(C)(CNC(=O)Nc1ccc2c(c1)COC2=O)N1CCc2ccccc2C1. The number of carbonyl (C=O) groups excluding carboxylic acids is 2. The normalized spacial score (nSPS) is 16.1. The van der Waals surface area contributed by atoms with Gasteiger partial charge in [-0.3, -0.25) is 4.90 Å². The number of anilines is 1. The predicted octanol–water partition coefficient (Wildman–Crippen LogP) is 3.32. The van der Waals surface area contributed by atoms with Gasteiger partial charge in [0.05, 0.1) is 5.56 Å². The first-order valence-corrected chi connectivity index (χ1v) is 9.59. The number of hydrogen-bond donors (Lipinski definition) is 2. The van der Waals surface area contributed by atoms with E-state index in [0.717, 1.165) is 25.1 Å². The third kappa shape index (κ3) is 3.73. The number of rotatable bonds is 4. The molecule has 0 unspecified atom stereocenters. The van der Waals surface area contributed by atoms with Crippen molar-refractivity contribution < 1.29 is 14.3 Å². The van der Waals surface area contributed by atoms with Gasteiger partial charge in [0.15, 0.2) is 0 Å². The van der Waals surface area contributed by atoms with Gasteiger partial charge in [-0.05, 0) is 49.6 Å². The average molecular weight is 379 g/mol. The van der Waals surface area contributed by atoms with E-state index < -0.39 is 0 Å². The molecule has 0 aliphatic carbocycles. The quantitative estimate of drug-likeness (QED) is 0.800. The number of benzene rings is 2. The van der Waals surface area contributed by atoms with Gasteiger partial charge in [-0.15, -0.1) is 0 Å². The van der Waals surface area contributed by atoms with Gasteiger partial charge >= 0.3 is 12.0 Å². The van der Waals surface area contributed by atoms with Gasteiger partial charge < -0.3 is 15.4 Å². The second-order valence-electron chi connectivity index (χ2n) is 8.01. The molecule has 0 saturated carbocycles. The van der Waals surface area contributed by atoms with E-state index in [9.17, 15) is 9.59 Å². The summed E-state index contributed by atoms with van der Waals surface area (Å²) in [5.41, 5.74) is 4.63. The molecule has 2 aromatic carbocycles. The van der Waals surface area contributed by atoms with Gasteiger partial charge in [-0.2, -0.15) is 0 Å². The summed E-state index contributed by atoms with van der Waals surface area (Å²) in [6.07, 6.45) is 1.03. The molecule has 4 rings (SSSR count). The molecule has 146 valence electrons. The van der Waals surface area contributed by atoms with E-state index in [4.69, 9.17) is 4.74 Å². The molecule has 2 amide bonds. The van der Waals surface area contributed by atoms with Crippen LogP contribution in [-0.4, -0.2) is 35.5 Å². The molecule has 2 aliphatic rings. The van der Waals surface area contributed by atoms with E-state index in [1.165, 1.54) is 11.1 Å². The summed E-state index contributed by atoms with van der Waals surface area (Å²) in [6, 6.07) is 13.5. The zero-order chi connectivity index (χ0) is 19.7. The van der Waals surface area contributed by atoms with Crippen LogP contribution >= 0.6 is 0 Å². The molecule has 2 heterocycles. The molecular weight excluding hydrogens is 354 g/mol. The van der Waals surface area contributed by atoms with E-state index in [0.29, 0.717) is 17.8 Å². The number of urea groups is 1. The van der Waals surface area contributed by atoms with Crippen molar-refractivity contribution in [3.05, 3.63) is 64.7 Å². The first-order valence-electron chi connectivity index (χ1n) is 9.59. The number of carbonyl (C=O) groups is 2. The van der Waals surface area contributed by atoms with Crippen LogP contribution in [-0.2, 0) is 24.3 Å². The third-order valence-corrected chi connectivity index (χ3v) is 5.61. The molecule has 0 bridgehead atoms. The Morgan fingerprint density at radius 2 is 1.93 bits per heavy atom. The Morgan fingerprint density at radius 1 is 1.14 bits per heavy atom. The highest BCUT2D eigenvalue weighted by Gasteiger charge is 2.30. The van der Waals surface area contributed by atoms with Gasteiger partial charge in [-0.25, -0.2) is 9.59 Å². The Balaban J connectivity index is 1.33. The lowest BCUT2D eigenvalue weighted by Crippen LogP contribution is -2.53. The van der Waals surface area contributed by atoms with Crippen molar-refractivity contribution in [1.82, 2.24) is 10.2 Å². The van der Waals surface area contributed by atoms with Crippen molar-refractivity contribution in [3.63, 3.8) is 0 Å². The van der Waals surface area contributed by atoms with Gasteiger partial charge in [-0.1, -0.05) is 24.3 Å². The van der Waals surface area contributed by atoms with Crippen LogP contribution in [0, 0.1) is 0 Å². The summed E-state index contributed by atoms with van der Waals surface area (Å²) in [5, 5.41) is 5.82. The fourth-order valence-corrected chi connectivity index (χ4v) is 3.81. The highest BCUT2D eigenvalue weighted by Crippen LogP contribution is 2.25. The molecule has 0 atom stereocenters. The zero-order valence-corrected chi connectivity index (χ0v) is 16.2. The Bertz CT molecular complexity index is 923. The Morgan fingerprint density at radius 3 is 2.75 bits per heavy atom. The van der Waals surface area contributed by atoms with Crippen LogP contribution in [0.15, 0.2) is 42.5 Å². The molecule has 0 saturated heterocycles. The minimum atomic E-state index is -0.309. The zero-order valence-electron chi connectivity index (χ0n) is 16.2. The smallest absolute Gasteiger partial charge is 0.338 e. The fraction of sp³-hybridized carbons (Fsp3) is 0.364. The first kappa shape index (κ1) is 18.5. The standard InChI is InChI=1S/C22H25N3O3/c1-22(2,25-10-9-15-5-3-4-6-16(15)12-25)14-23-21(27)24-18-7-8-19-17(11-18)13-28-20(19)26/h3-8,11H,9-10,12-14H2,1-2H3,(H2,23,24,27). The Kier molecular flexibility index (Phi) is 4.81. The summed E-state index contributed by atoms with van der Waals surface area (Å²) in [5.74, 6) is -0.309. The van der Waals surface area contributed by atoms with Crippen LogP contribution in [0.4, 0.5) is 10.5 Å². The maximum absolute atomic E-state index is 12.4. The van der Waals surface area contributed by atoms with E-state index in [1.807, 2.05) is 0 Å². The third-order valence-electron chi connectivity index (χ3n) is 5.61. The van der Waals surface area contributed by atoms with Crippen LogP contribution in [0.5, 0.6) is 0 Å². The van der Waals surface area contributed by atoms with Crippen LogP contribution in [0.3, 0.4) is 0 Å². The number of cyclic esters (lactones) is 1. The molecule has 0 fully saturated rings. The Labute approximate surface area is 164 Å². The minimum Gasteiger partial charge on any atom is -0.457 e. The summed E-state index contributed by atoms with van der Waals surface area (Å²) in [4.78, 5) is 26.3. The number of ether oxygens (including phenoxy) is 1. The molecule has 0 radical (unpaired) electrons. The summed E-state index contributed by atoms with van der Waals surface area (Å²) in [7, 11) is 0.